The fourth-order valence-electron chi connectivity index (χ4n) is 10.9. The molecule has 0 bridgehead atoms. The van der Waals surface area contributed by atoms with Gasteiger partial charge in [0.05, 0.1) is 6.54 Å². The quantitative estimate of drug-likeness (QED) is 0.154. The summed E-state index contributed by atoms with van der Waals surface area (Å²) in [5, 5.41) is 11.2. The Morgan fingerprint density at radius 1 is 0.465 bits per heavy atom. The van der Waals surface area contributed by atoms with Crippen LogP contribution >= 0.6 is 0 Å². The number of allylic oxidation sites excluding steroid dienone is 3. The SMILES string of the molecule is C=C/C=C/C[C@@H](C)C[C@H]1C(=O)N[C@@H](CC)C(=O)N(C)CC(=O)N(C)C(C(C)C(C)C)C(=O)NC(C(C)C)C(=O)N(C)[C@@H](CC(C)C)C(=O)N[C@@H](C)C(=O)N[C@H](C)C(=O)N(C)[C@@H](CC(C)C)C(=O)N(C)[C@@H](CC(C)C)C(=O)N(C)[C@@H](C(C)C)C(=O)N1C. The minimum absolute atomic E-state index is 0.0967. The summed E-state index contributed by atoms with van der Waals surface area (Å²) in [5.41, 5.74) is 0. The van der Waals surface area contributed by atoms with Crippen LogP contribution in [-0.2, 0) is 52.7 Å². The van der Waals surface area contributed by atoms with Gasteiger partial charge in [0.2, 0.25) is 65.0 Å². The second-order valence-electron chi connectivity index (χ2n) is 26.5. The van der Waals surface area contributed by atoms with Gasteiger partial charge in [0.15, 0.2) is 0 Å². The molecule has 1 heterocycles. The molecule has 0 aromatic heterocycles. The van der Waals surface area contributed by atoms with Gasteiger partial charge in [-0.2, -0.15) is 0 Å². The van der Waals surface area contributed by atoms with Crippen LogP contribution in [0.1, 0.15) is 156 Å². The van der Waals surface area contributed by atoms with E-state index in [4.69, 9.17) is 0 Å². The van der Waals surface area contributed by atoms with Gasteiger partial charge in [-0.15, -0.1) is 0 Å². The Hall–Kier alpha value is -6.35. The lowest BCUT2D eigenvalue weighted by Gasteiger charge is -2.41. The third-order valence-electron chi connectivity index (χ3n) is 16.7. The molecule has 22 heteroatoms. The minimum Gasteiger partial charge on any atom is -0.343 e. The van der Waals surface area contributed by atoms with E-state index in [9.17, 15) is 43.2 Å². The van der Waals surface area contributed by atoms with Gasteiger partial charge in [0.1, 0.15) is 60.4 Å². The molecule has 4 N–H and O–H groups in total. The first-order valence-electron chi connectivity index (χ1n) is 31.0. The molecule has 1 rings (SSSR count). The van der Waals surface area contributed by atoms with E-state index >= 15 is 9.59 Å². The maximum atomic E-state index is 15.2. The smallest absolute Gasteiger partial charge is 0.246 e. The van der Waals surface area contributed by atoms with E-state index in [1.165, 1.54) is 97.5 Å². The second kappa shape index (κ2) is 35.5. The van der Waals surface area contributed by atoms with E-state index < -0.39 is 150 Å². The van der Waals surface area contributed by atoms with Gasteiger partial charge in [0, 0.05) is 49.3 Å². The average molecular weight is 1210 g/mol. The molecule has 1 fully saturated rings. The van der Waals surface area contributed by atoms with Crippen LogP contribution < -0.4 is 21.3 Å². The third kappa shape index (κ3) is 21.8. The van der Waals surface area contributed by atoms with E-state index in [0.29, 0.717) is 6.42 Å². The fraction of sp³-hybridized carbons (Fsp3) is 0.766. The lowest BCUT2D eigenvalue weighted by molar-refractivity contribution is -0.156. The van der Waals surface area contributed by atoms with E-state index in [-0.39, 0.29) is 61.7 Å². The Morgan fingerprint density at radius 3 is 1.37 bits per heavy atom. The van der Waals surface area contributed by atoms with Crippen molar-refractivity contribution in [2.24, 2.45) is 47.3 Å². The Kier molecular flexibility index (Phi) is 32.0. The van der Waals surface area contributed by atoms with Crippen LogP contribution in [0.5, 0.6) is 0 Å². The zero-order valence-corrected chi connectivity index (χ0v) is 56.9. The summed E-state index contributed by atoms with van der Waals surface area (Å²) in [4.78, 5) is 170. The van der Waals surface area contributed by atoms with Gasteiger partial charge in [0.25, 0.3) is 0 Å². The summed E-state index contributed by atoms with van der Waals surface area (Å²) in [7, 11) is 10.2. The molecule has 0 aromatic rings. The number of nitrogens with zero attached hydrogens (tertiary/aromatic N) is 7. The number of rotatable bonds is 16. The molecule has 490 valence electrons. The van der Waals surface area contributed by atoms with Gasteiger partial charge in [-0.3, -0.25) is 52.7 Å². The molecular weight excluding hydrogens is 1100 g/mol. The zero-order chi connectivity index (χ0) is 66.7. The van der Waals surface area contributed by atoms with Crippen LogP contribution in [0.3, 0.4) is 0 Å². The maximum absolute atomic E-state index is 15.2. The summed E-state index contributed by atoms with van der Waals surface area (Å²) in [6, 6.07) is -11.6. The van der Waals surface area contributed by atoms with Crippen molar-refractivity contribution >= 4 is 65.0 Å². The predicted octanol–water partition coefficient (Wildman–Crippen LogP) is 4.71. The van der Waals surface area contributed by atoms with Crippen molar-refractivity contribution < 1.29 is 52.7 Å². The van der Waals surface area contributed by atoms with Crippen molar-refractivity contribution in [3.05, 3.63) is 24.8 Å². The molecule has 22 nitrogen and oxygen atoms in total. The van der Waals surface area contributed by atoms with Gasteiger partial charge in [-0.25, -0.2) is 0 Å². The molecular formula is C64H113N11O11. The number of carbonyl (C=O) groups is 11. The highest BCUT2D eigenvalue weighted by atomic mass is 16.2. The first-order valence-corrected chi connectivity index (χ1v) is 31.0. The average Bonchev–Trinajstić information content (AvgIpc) is 1.30. The highest BCUT2D eigenvalue weighted by Gasteiger charge is 2.44. The standard InChI is InChI=1S/C64H113N11O11/c1-26-28-29-30-42(15)34-48-57(79)67-46(27-2)60(82)69(19)35-51(76)74(24)54(43(16)39(9)10)58(80)68-52(40(11)12)63(85)70(20)47(31-36(3)4)56(78)65-44(17)55(77)66-45(18)59(81)72(22)49(32-37(5)6)61(83)73(23)50(33-38(7)8)62(84)75(25)53(41(13)14)64(86)71(48)21/h26,28-29,36-50,52-54H,1,27,30-35H2,2-25H3,(H,65,78)(H,66,77)(H,67,79)(H,68,80)/b29-28+/t42-,43?,44+,45-,46+,47+,48+,49+,50+,52?,53+,54?/m1/s1. The number of hydrogen-bond acceptors (Lipinski definition) is 11. The fourth-order valence-corrected chi connectivity index (χ4v) is 10.9. The number of hydrogen-bond donors (Lipinski definition) is 4. The molecule has 86 heavy (non-hydrogen) atoms. The summed E-state index contributed by atoms with van der Waals surface area (Å²) in [6.07, 6.45) is 6.58. The lowest BCUT2D eigenvalue weighted by atomic mass is 9.88. The van der Waals surface area contributed by atoms with Crippen LogP contribution in [0.15, 0.2) is 24.8 Å². The van der Waals surface area contributed by atoms with Crippen LogP contribution in [-0.4, -0.2) is 216 Å². The van der Waals surface area contributed by atoms with Gasteiger partial charge >= 0.3 is 0 Å². The van der Waals surface area contributed by atoms with Crippen molar-refractivity contribution in [2.45, 2.75) is 217 Å². The van der Waals surface area contributed by atoms with Gasteiger partial charge in [-0.1, -0.05) is 129 Å². The van der Waals surface area contributed by atoms with Crippen LogP contribution in [0.25, 0.3) is 0 Å². The Bertz CT molecular complexity index is 2370. The maximum Gasteiger partial charge on any atom is 0.246 e. The second-order valence-corrected chi connectivity index (χ2v) is 26.5. The van der Waals surface area contributed by atoms with Crippen molar-refractivity contribution in [3.8, 4) is 0 Å². The number of amides is 11. The van der Waals surface area contributed by atoms with Crippen molar-refractivity contribution in [1.82, 2.24) is 55.6 Å². The molecule has 0 aromatic carbocycles. The van der Waals surface area contributed by atoms with Gasteiger partial charge < -0.3 is 55.6 Å². The van der Waals surface area contributed by atoms with E-state index in [1.54, 1.807) is 53.7 Å². The summed E-state index contributed by atoms with van der Waals surface area (Å²) in [6.45, 7) is 33.7. The first kappa shape index (κ1) is 77.7. The van der Waals surface area contributed by atoms with Crippen molar-refractivity contribution in [3.63, 3.8) is 0 Å². The third-order valence-corrected chi connectivity index (χ3v) is 16.7. The largest absolute Gasteiger partial charge is 0.343 e. The zero-order valence-electron chi connectivity index (χ0n) is 56.9. The molecule has 0 radical (unpaired) electrons. The topological polar surface area (TPSA) is 259 Å². The molecule has 11 amide bonds. The molecule has 1 aliphatic heterocycles. The normalized spacial score (nSPS) is 26.7. The molecule has 1 aliphatic rings. The Morgan fingerprint density at radius 2 is 0.907 bits per heavy atom. The van der Waals surface area contributed by atoms with E-state index in [1.807, 2.05) is 68.4 Å². The van der Waals surface area contributed by atoms with Crippen molar-refractivity contribution in [2.75, 3.05) is 55.9 Å². The molecule has 12 atom stereocenters. The molecule has 0 aliphatic carbocycles. The monoisotopic (exact) mass is 1210 g/mol. The number of likely N-dealkylation sites (N-methyl/N-ethyl adjacent to an activating group) is 7. The predicted molar refractivity (Wildman–Crippen MR) is 336 cm³/mol. The highest BCUT2D eigenvalue weighted by molar-refractivity contribution is 5.99. The minimum atomic E-state index is -1.22. The number of nitrogens with one attached hydrogen (secondary N) is 4. The van der Waals surface area contributed by atoms with Crippen LogP contribution in [0.4, 0.5) is 0 Å². The molecule has 0 saturated carbocycles. The van der Waals surface area contributed by atoms with E-state index in [0.717, 1.165) is 0 Å². The first-order chi connectivity index (χ1) is 39.7. The summed E-state index contributed by atoms with van der Waals surface area (Å²) < 4.78 is 0. The molecule has 3 unspecified atom stereocenters. The van der Waals surface area contributed by atoms with Crippen LogP contribution in [0, 0.1) is 47.3 Å². The lowest BCUT2D eigenvalue weighted by Crippen LogP contribution is -2.61. The summed E-state index contributed by atoms with van der Waals surface area (Å²) >= 11 is 0. The Balaban J connectivity index is 4.33. The molecule has 1 saturated heterocycles. The summed E-state index contributed by atoms with van der Waals surface area (Å²) in [5.74, 6) is -9.00. The van der Waals surface area contributed by atoms with Crippen molar-refractivity contribution in [1.29, 1.82) is 0 Å². The molecule has 0 spiro atoms. The number of carbonyl (C=O) groups excluding carboxylic acids is 11. The highest BCUT2D eigenvalue weighted by Crippen LogP contribution is 2.26. The van der Waals surface area contributed by atoms with Crippen LogP contribution in [0.2, 0.25) is 0 Å². The Labute approximate surface area is 516 Å². The van der Waals surface area contributed by atoms with E-state index in [2.05, 4.69) is 27.8 Å². The van der Waals surface area contributed by atoms with Gasteiger partial charge in [-0.05, 0) is 99.7 Å².